The molecule has 1 N–H and O–H groups in total. The zero-order valence-corrected chi connectivity index (χ0v) is 14.2. The normalized spacial score (nSPS) is 10.8. The molecule has 3 aromatic rings. The first-order chi connectivity index (χ1) is 11.5. The third-order valence-corrected chi connectivity index (χ3v) is 4.46. The van der Waals surface area contributed by atoms with E-state index < -0.39 is 0 Å². The zero-order valence-electron chi connectivity index (χ0n) is 13.4. The van der Waals surface area contributed by atoms with Crippen molar-refractivity contribution in [2.24, 2.45) is 7.05 Å². The molecule has 0 aliphatic heterocycles. The molecule has 0 fully saturated rings. The summed E-state index contributed by atoms with van der Waals surface area (Å²) in [6.07, 6.45) is 4.12. The molecule has 0 unspecified atom stereocenters. The summed E-state index contributed by atoms with van der Waals surface area (Å²) in [4.78, 5) is 15.5. The first-order valence-electron chi connectivity index (χ1n) is 7.50. The minimum Gasteiger partial charge on any atom is -0.356 e. The number of rotatable bonds is 5. The Hall–Kier alpha value is -2.54. The first-order valence-corrected chi connectivity index (χ1v) is 8.38. The van der Waals surface area contributed by atoms with Crippen LogP contribution >= 0.6 is 11.3 Å². The number of benzene rings is 1. The maximum absolute atomic E-state index is 13.9. The Labute approximate surface area is 143 Å². The molecule has 0 bridgehead atoms. The van der Waals surface area contributed by atoms with Crippen LogP contribution in [0.4, 0.5) is 4.39 Å². The summed E-state index contributed by atoms with van der Waals surface area (Å²) in [5, 5.41) is 9.66. The van der Waals surface area contributed by atoms with Gasteiger partial charge in [-0.05, 0) is 30.2 Å². The number of aryl methyl sites for hydroxylation is 1. The second-order valence-corrected chi connectivity index (χ2v) is 6.34. The van der Waals surface area contributed by atoms with Crippen molar-refractivity contribution < 1.29 is 9.18 Å². The van der Waals surface area contributed by atoms with Gasteiger partial charge in [0.2, 0.25) is 5.91 Å². The van der Waals surface area contributed by atoms with Crippen LogP contribution in [0.25, 0.3) is 21.8 Å². The van der Waals surface area contributed by atoms with Crippen molar-refractivity contribution in [1.29, 1.82) is 0 Å². The Morgan fingerprint density at radius 1 is 1.38 bits per heavy atom. The van der Waals surface area contributed by atoms with E-state index in [1.54, 1.807) is 23.0 Å². The largest absolute Gasteiger partial charge is 0.356 e. The topological polar surface area (TPSA) is 59.8 Å². The number of thiazole rings is 1. The second kappa shape index (κ2) is 6.92. The highest BCUT2D eigenvalue weighted by molar-refractivity contribution is 7.13. The van der Waals surface area contributed by atoms with E-state index in [0.717, 1.165) is 21.8 Å². The van der Waals surface area contributed by atoms with Gasteiger partial charge in [0.25, 0.3) is 0 Å². The average molecular weight is 344 g/mol. The Kier molecular flexibility index (Phi) is 4.71. The van der Waals surface area contributed by atoms with Gasteiger partial charge in [0.1, 0.15) is 10.8 Å². The van der Waals surface area contributed by atoms with Crippen molar-refractivity contribution in [3.63, 3.8) is 0 Å². The molecule has 1 amide bonds. The van der Waals surface area contributed by atoms with E-state index in [9.17, 15) is 9.18 Å². The van der Waals surface area contributed by atoms with Crippen molar-refractivity contribution in [3.8, 4) is 21.8 Å². The molecular formula is C17H17FN4OS. The molecule has 3 rings (SSSR count). The molecule has 0 aliphatic rings. The lowest BCUT2D eigenvalue weighted by Crippen LogP contribution is -2.22. The molecule has 0 radical (unpaired) electrons. The fraction of sp³-hybridized carbons (Fsp3) is 0.235. The number of carbonyl (C=O) groups excluding carboxylic acids is 1. The number of amides is 1. The number of nitrogens with one attached hydrogen (secondary N) is 1. The number of hydrogen-bond donors (Lipinski definition) is 1. The smallest absolute Gasteiger partial charge is 0.216 e. The van der Waals surface area contributed by atoms with Crippen molar-refractivity contribution in [2.75, 3.05) is 6.54 Å². The molecule has 7 heteroatoms. The lowest BCUT2D eigenvalue weighted by Gasteiger charge is -2.06. The molecule has 24 heavy (non-hydrogen) atoms. The third kappa shape index (κ3) is 3.68. The van der Waals surface area contributed by atoms with Crippen LogP contribution in [-0.4, -0.2) is 27.2 Å². The van der Waals surface area contributed by atoms with Gasteiger partial charge in [-0.15, -0.1) is 11.3 Å². The summed E-state index contributed by atoms with van der Waals surface area (Å²) in [7, 11) is 1.86. The van der Waals surface area contributed by atoms with Gasteiger partial charge in [-0.1, -0.05) is 0 Å². The number of carbonyl (C=O) groups is 1. The van der Waals surface area contributed by atoms with Crippen LogP contribution < -0.4 is 5.32 Å². The fourth-order valence-electron chi connectivity index (χ4n) is 2.37. The van der Waals surface area contributed by atoms with E-state index in [4.69, 9.17) is 0 Å². The lowest BCUT2D eigenvalue weighted by molar-refractivity contribution is -0.118. The molecule has 0 atom stereocenters. The van der Waals surface area contributed by atoms with Gasteiger partial charge in [0, 0.05) is 43.2 Å². The summed E-state index contributed by atoms with van der Waals surface area (Å²) >= 11 is 1.53. The van der Waals surface area contributed by atoms with Gasteiger partial charge >= 0.3 is 0 Å². The summed E-state index contributed by atoms with van der Waals surface area (Å²) < 4.78 is 15.7. The van der Waals surface area contributed by atoms with E-state index in [0.29, 0.717) is 18.5 Å². The predicted octanol–water partition coefficient (Wildman–Crippen LogP) is 3.03. The minimum absolute atomic E-state index is 0.118. The number of aromatic nitrogens is 3. The molecule has 0 aliphatic carbocycles. The molecule has 1 aromatic carbocycles. The zero-order chi connectivity index (χ0) is 17.1. The van der Waals surface area contributed by atoms with Gasteiger partial charge in [0.05, 0.1) is 11.9 Å². The van der Waals surface area contributed by atoms with Crippen LogP contribution in [-0.2, 0) is 18.3 Å². The van der Waals surface area contributed by atoms with Gasteiger partial charge in [-0.25, -0.2) is 9.37 Å². The van der Waals surface area contributed by atoms with E-state index in [2.05, 4.69) is 15.4 Å². The Morgan fingerprint density at radius 2 is 2.21 bits per heavy atom. The summed E-state index contributed by atoms with van der Waals surface area (Å²) in [6.45, 7) is 1.86. The van der Waals surface area contributed by atoms with E-state index >= 15 is 0 Å². The van der Waals surface area contributed by atoms with Gasteiger partial charge in [-0.3, -0.25) is 9.48 Å². The monoisotopic (exact) mass is 344 g/mol. The highest BCUT2D eigenvalue weighted by Gasteiger charge is 2.11. The quantitative estimate of drug-likeness (QED) is 0.774. The molecule has 5 nitrogen and oxygen atoms in total. The molecule has 2 heterocycles. The molecule has 0 saturated carbocycles. The Morgan fingerprint density at radius 3 is 2.92 bits per heavy atom. The van der Waals surface area contributed by atoms with Gasteiger partial charge < -0.3 is 5.32 Å². The highest BCUT2D eigenvalue weighted by atomic mass is 32.1. The molecular weight excluding hydrogens is 327 g/mol. The van der Waals surface area contributed by atoms with E-state index in [-0.39, 0.29) is 11.7 Å². The molecule has 2 aromatic heterocycles. The van der Waals surface area contributed by atoms with Gasteiger partial charge in [0.15, 0.2) is 0 Å². The molecule has 0 saturated heterocycles. The Balaban J connectivity index is 1.82. The van der Waals surface area contributed by atoms with Crippen LogP contribution in [0, 0.1) is 5.82 Å². The van der Waals surface area contributed by atoms with Crippen molar-refractivity contribution >= 4 is 17.2 Å². The standard InChI is InChI=1S/C17H17FN4OS/c1-11(23)19-6-5-12-7-13(3-4-15(12)18)16-10-24-17(21-16)14-8-20-22(2)9-14/h3-4,7-10H,5-6H2,1-2H3,(H,19,23). The minimum atomic E-state index is -0.271. The molecule has 124 valence electrons. The summed E-state index contributed by atoms with van der Waals surface area (Å²) in [6, 6.07) is 4.96. The second-order valence-electron chi connectivity index (χ2n) is 5.48. The van der Waals surface area contributed by atoms with Crippen LogP contribution in [0.2, 0.25) is 0 Å². The van der Waals surface area contributed by atoms with E-state index in [1.807, 2.05) is 18.6 Å². The maximum Gasteiger partial charge on any atom is 0.216 e. The number of hydrogen-bond acceptors (Lipinski definition) is 4. The molecule has 0 spiro atoms. The third-order valence-electron chi connectivity index (χ3n) is 3.57. The van der Waals surface area contributed by atoms with Crippen LogP contribution in [0.1, 0.15) is 12.5 Å². The highest BCUT2D eigenvalue weighted by Crippen LogP contribution is 2.29. The maximum atomic E-state index is 13.9. The van der Waals surface area contributed by atoms with Crippen LogP contribution in [0.3, 0.4) is 0 Å². The first kappa shape index (κ1) is 16.3. The van der Waals surface area contributed by atoms with E-state index in [1.165, 1.54) is 24.3 Å². The average Bonchev–Trinajstić information content (AvgIpc) is 3.17. The number of nitrogens with zero attached hydrogens (tertiary/aromatic N) is 3. The van der Waals surface area contributed by atoms with Crippen molar-refractivity contribution in [3.05, 3.63) is 47.4 Å². The predicted molar refractivity (Wildman–Crippen MR) is 92.1 cm³/mol. The van der Waals surface area contributed by atoms with Crippen LogP contribution in [0.5, 0.6) is 0 Å². The fourth-order valence-corrected chi connectivity index (χ4v) is 3.17. The summed E-state index contributed by atoms with van der Waals surface area (Å²) in [5.41, 5.74) is 3.19. The van der Waals surface area contributed by atoms with Crippen molar-refractivity contribution in [2.45, 2.75) is 13.3 Å². The summed E-state index contributed by atoms with van der Waals surface area (Å²) in [5.74, 6) is -0.390. The number of halogens is 1. The van der Waals surface area contributed by atoms with Gasteiger partial charge in [-0.2, -0.15) is 5.10 Å². The SMILES string of the molecule is CC(=O)NCCc1cc(-c2csc(-c3cnn(C)c3)n2)ccc1F. The van der Waals surface area contributed by atoms with Crippen LogP contribution in [0.15, 0.2) is 36.0 Å². The lowest BCUT2D eigenvalue weighted by atomic mass is 10.1. The Bertz CT molecular complexity index is 871. The van der Waals surface area contributed by atoms with Crippen molar-refractivity contribution in [1.82, 2.24) is 20.1 Å².